The van der Waals surface area contributed by atoms with Gasteiger partial charge in [0, 0.05) is 0 Å². The number of hydrogen-bond donors (Lipinski definition) is 0. The monoisotopic (exact) mass is 190 g/mol. The number of rotatable bonds is 3. The van der Waals surface area contributed by atoms with Gasteiger partial charge in [-0.1, -0.05) is 56.5 Å². The first-order valence-corrected chi connectivity index (χ1v) is 5.50. The van der Waals surface area contributed by atoms with Gasteiger partial charge in [-0.2, -0.15) is 0 Å². The van der Waals surface area contributed by atoms with Gasteiger partial charge in [-0.15, -0.1) is 0 Å². The second-order valence-corrected chi connectivity index (χ2v) is 5.19. The molecular formula is C14H22. The molecule has 0 saturated heterocycles. The summed E-state index contributed by atoms with van der Waals surface area (Å²) >= 11 is 0. The maximum Gasteiger partial charge on any atom is -0.0227 e. The zero-order chi connectivity index (χ0) is 10.8. The van der Waals surface area contributed by atoms with E-state index in [0.29, 0.717) is 5.41 Å². The van der Waals surface area contributed by atoms with Gasteiger partial charge >= 0.3 is 0 Å². The van der Waals surface area contributed by atoms with Crippen LogP contribution in [-0.4, -0.2) is 0 Å². The Hall–Kier alpha value is -0.780. The average molecular weight is 190 g/mol. The molecule has 0 N–H and O–H groups in total. The third kappa shape index (κ3) is 3.17. The van der Waals surface area contributed by atoms with Crippen molar-refractivity contribution >= 4 is 0 Å². The summed E-state index contributed by atoms with van der Waals surface area (Å²) in [6, 6.07) is 6.86. The van der Waals surface area contributed by atoms with E-state index in [1.807, 2.05) is 0 Å². The van der Waals surface area contributed by atoms with E-state index in [1.165, 1.54) is 29.5 Å². The number of benzene rings is 1. The lowest BCUT2D eigenvalue weighted by Crippen LogP contribution is -2.13. The van der Waals surface area contributed by atoms with E-state index in [-0.39, 0.29) is 0 Å². The molecule has 0 saturated carbocycles. The predicted molar refractivity (Wildman–Crippen MR) is 63.7 cm³/mol. The molecule has 78 valence electrons. The summed E-state index contributed by atoms with van der Waals surface area (Å²) in [6.07, 6.45) is 2.42. The van der Waals surface area contributed by atoms with Crippen molar-refractivity contribution in [2.45, 2.75) is 47.5 Å². The molecule has 0 aromatic heterocycles. The van der Waals surface area contributed by atoms with Crippen LogP contribution < -0.4 is 0 Å². The summed E-state index contributed by atoms with van der Waals surface area (Å²) in [6.45, 7) is 11.3. The Balaban J connectivity index is 2.87. The van der Waals surface area contributed by atoms with Gasteiger partial charge in [-0.05, 0) is 31.2 Å². The fourth-order valence-electron chi connectivity index (χ4n) is 1.85. The SMILES string of the molecule is CCC(C)(C)Cc1cc(C)cc(C)c1. The van der Waals surface area contributed by atoms with E-state index in [9.17, 15) is 0 Å². The highest BCUT2D eigenvalue weighted by atomic mass is 14.2. The van der Waals surface area contributed by atoms with Crippen LogP contribution in [0.3, 0.4) is 0 Å². The largest absolute Gasteiger partial charge is 0.0649 e. The highest BCUT2D eigenvalue weighted by molar-refractivity contribution is 5.29. The fourth-order valence-corrected chi connectivity index (χ4v) is 1.85. The molecule has 0 heterocycles. The molecule has 0 atom stereocenters. The van der Waals surface area contributed by atoms with E-state index in [1.54, 1.807) is 0 Å². The molecule has 0 fully saturated rings. The Morgan fingerprint density at radius 1 is 1.00 bits per heavy atom. The highest BCUT2D eigenvalue weighted by Gasteiger charge is 2.15. The van der Waals surface area contributed by atoms with Crippen LogP contribution in [0, 0.1) is 19.3 Å². The van der Waals surface area contributed by atoms with Crippen LogP contribution in [0.4, 0.5) is 0 Å². The normalized spacial score (nSPS) is 11.8. The molecular weight excluding hydrogens is 168 g/mol. The van der Waals surface area contributed by atoms with Gasteiger partial charge < -0.3 is 0 Å². The zero-order valence-electron chi connectivity index (χ0n) is 10.1. The minimum atomic E-state index is 0.431. The Morgan fingerprint density at radius 2 is 1.50 bits per heavy atom. The molecule has 0 nitrogen and oxygen atoms in total. The molecule has 1 aromatic rings. The first-order valence-electron chi connectivity index (χ1n) is 5.50. The quantitative estimate of drug-likeness (QED) is 0.667. The van der Waals surface area contributed by atoms with Crippen molar-refractivity contribution in [1.29, 1.82) is 0 Å². The smallest absolute Gasteiger partial charge is 0.0227 e. The summed E-state index contributed by atoms with van der Waals surface area (Å²) in [5.41, 5.74) is 4.67. The van der Waals surface area contributed by atoms with Crippen molar-refractivity contribution in [1.82, 2.24) is 0 Å². The number of aryl methyl sites for hydroxylation is 2. The molecule has 1 rings (SSSR count). The van der Waals surface area contributed by atoms with Crippen molar-refractivity contribution in [3.8, 4) is 0 Å². The maximum atomic E-state index is 2.34. The molecule has 0 unspecified atom stereocenters. The van der Waals surface area contributed by atoms with Crippen LogP contribution in [0.1, 0.15) is 43.9 Å². The van der Waals surface area contributed by atoms with Gasteiger partial charge in [0.05, 0.1) is 0 Å². The van der Waals surface area contributed by atoms with Crippen molar-refractivity contribution in [2.75, 3.05) is 0 Å². The Labute approximate surface area is 88.4 Å². The summed E-state index contributed by atoms with van der Waals surface area (Å²) in [5.74, 6) is 0. The standard InChI is InChI=1S/C14H22/c1-6-14(4,5)10-13-8-11(2)7-12(3)9-13/h7-9H,6,10H2,1-5H3. The highest BCUT2D eigenvalue weighted by Crippen LogP contribution is 2.26. The van der Waals surface area contributed by atoms with Crippen LogP contribution in [0.2, 0.25) is 0 Å². The molecule has 1 aromatic carbocycles. The molecule has 0 heteroatoms. The first-order chi connectivity index (χ1) is 6.43. The number of hydrogen-bond acceptors (Lipinski definition) is 0. The van der Waals surface area contributed by atoms with Gasteiger partial charge in [0.2, 0.25) is 0 Å². The summed E-state index contributed by atoms with van der Waals surface area (Å²) in [7, 11) is 0. The Morgan fingerprint density at radius 3 is 1.93 bits per heavy atom. The summed E-state index contributed by atoms with van der Waals surface area (Å²) in [4.78, 5) is 0. The van der Waals surface area contributed by atoms with Gasteiger partial charge in [0.25, 0.3) is 0 Å². The molecule has 0 aliphatic carbocycles. The van der Waals surface area contributed by atoms with Crippen molar-refractivity contribution in [2.24, 2.45) is 5.41 Å². The lowest BCUT2D eigenvalue weighted by atomic mass is 9.83. The molecule has 0 bridgehead atoms. The Kier molecular flexibility index (Phi) is 3.36. The van der Waals surface area contributed by atoms with Gasteiger partial charge in [0.15, 0.2) is 0 Å². The van der Waals surface area contributed by atoms with E-state index < -0.39 is 0 Å². The zero-order valence-corrected chi connectivity index (χ0v) is 10.1. The summed E-state index contributed by atoms with van der Waals surface area (Å²) < 4.78 is 0. The van der Waals surface area contributed by atoms with Gasteiger partial charge in [-0.25, -0.2) is 0 Å². The van der Waals surface area contributed by atoms with Crippen LogP contribution in [0.25, 0.3) is 0 Å². The minimum absolute atomic E-state index is 0.431. The second kappa shape index (κ2) is 4.16. The van der Waals surface area contributed by atoms with Crippen LogP contribution in [0.15, 0.2) is 18.2 Å². The van der Waals surface area contributed by atoms with E-state index in [4.69, 9.17) is 0 Å². The third-order valence-corrected chi connectivity index (χ3v) is 2.92. The predicted octanol–water partition coefficient (Wildman–Crippen LogP) is 4.28. The average Bonchev–Trinajstić information content (AvgIpc) is 2.01. The van der Waals surface area contributed by atoms with Gasteiger partial charge in [0.1, 0.15) is 0 Å². The van der Waals surface area contributed by atoms with Crippen LogP contribution >= 0.6 is 0 Å². The molecule has 0 aliphatic rings. The molecule has 0 aliphatic heterocycles. The topological polar surface area (TPSA) is 0 Å². The van der Waals surface area contributed by atoms with Crippen molar-refractivity contribution < 1.29 is 0 Å². The maximum absolute atomic E-state index is 2.34. The van der Waals surface area contributed by atoms with E-state index >= 15 is 0 Å². The minimum Gasteiger partial charge on any atom is -0.0649 e. The van der Waals surface area contributed by atoms with Crippen LogP contribution in [0.5, 0.6) is 0 Å². The van der Waals surface area contributed by atoms with E-state index in [2.05, 4.69) is 52.8 Å². The second-order valence-electron chi connectivity index (χ2n) is 5.19. The molecule has 0 spiro atoms. The lowest BCUT2D eigenvalue weighted by Gasteiger charge is -2.23. The first kappa shape index (κ1) is 11.3. The molecule has 14 heavy (non-hydrogen) atoms. The van der Waals surface area contributed by atoms with Crippen LogP contribution in [-0.2, 0) is 6.42 Å². The lowest BCUT2D eigenvalue weighted by molar-refractivity contribution is 0.349. The third-order valence-electron chi connectivity index (χ3n) is 2.92. The van der Waals surface area contributed by atoms with Crippen molar-refractivity contribution in [3.63, 3.8) is 0 Å². The Bertz CT molecular complexity index is 288. The van der Waals surface area contributed by atoms with Crippen molar-refractivity contribution in [3.05, 3.63) is 34.9 Å². The van der Waals surface area contributed by atoms with E-state index in [0.717, 1.165) is 0 Å². The summed E-state index contributed by atoms with van der Waals surface area (Å²) in [5, 5.41) is 0. The molecule has 0 radical (unpaired) electrons. The van der Waals surface area contributed by atoms with Gasteiger partial charge in [-0.3, -0.25) is 0 Å². The molecule has 0 amide bonds. The fraction of sp³-hybridized carbons (Fsp3) is 0.571.